The second-order valence-corrected chi connectivity index (χ2v) is 2.30. The van der Waals surface area contributed by atoms with Crippen LogP contribution in [-0.4, -0.2) is 48.6 Å². The predicted molar refractivity (Wildman–Crippen MR) is 45.1 cm³/mol. The molecule has 1 heterocycles. The molecule has 0 amide bonds. The Balaban J connectivity index is 2.46. The van der Waals surface area contributed by atoms with Crippen molar-refractivity contribution in [3.05, 3.63) is 5.82 Å². The second kappa shape index (κ2) is 5.18. The van der Waals surface area contributed by atoms with Gasteiger partial charge in [-0.1, -0.05) is 0 Å². The molecule has 0 aliphatic carbocycles. The molecule has 0 atom stereocenters. The third-order valence-corrected chi connectivity index (χ3v) is 1.36. The zero-order chi connectivity index (χ0) is 10.4. The van der Waals surface area contributed by atoms with Gasteiger partial charge in [0.2, 0.25) is 5.82 Å². The molecule has 0 spiro atoms. The van der Waals surface area contributed by atoms with Gasteiger partial charge in [0, 0.05) is 7.11 Å². The number of esters is 1. The van der Waals surface area contributed by atoms with Crippen molar-refractivity contribution < 1.29 is 19.0 Å². The molecule has 1 N–H and O–H groups in total. The minimum atomic E-state index is -0.584. The molecule has 78 valence electrons. The van der Waals surface area contributed by atoms with E-state index < -0.39 is 5.97 Å². The quantitative estimate of drug-likeness (QED) is 0.516. The molecule has 14 heavy (non-hydrogen) atoms. The van der Waals surface area contributed by atoms with E-state index in [0.717, 1.165) is 0 Å². The predicted octanol–water partition coefficient (Wildman–Crippen LogP) is -0.384. The summed E-state index contributed by atoms with van der Waals surface area (Å²) in [4.78, 5) is 14.7. The average Bonchev–Trinajstić information content (AvgIpc) is 2.66. The summed E-state index contributed by atoms with van der Waals surface area (Å²) in [6.07, 6.45) is 0. The zero-order valence-electron chi connectivity index (χ0n) is 7.94. The summed E-state index contributed by atoms with van der Waals surface area (Å²) in [6.45, 7) is 0.761. The zero-order valence-corrected chi connectivity index (χ0v) is 7.94. The SMILES string of the molecule is COCCOc1n[nH]c(C(=O)OC)n1. The van der Waals surface area contributed by atoms with Crippen LogP contribution < -0.4 is 4.74 Å². The van der Waals surface area contributed by atoms with Crippen LogP contribution in [0.4, 0.5) is 0 Å². The Labute approximate surface area is 80.4 Å². The van der Waals surface area contributed by atoms with Gasteiger partial charge in [0.15, 0.2) is 0 Å². The Kier molecular flexibility index (Phi) is 3.86. The second-order valence-electron chi connectivity index (χ2n) is 2.30. The highest BCUT2D eigenvalue weighted by molar-refractivity contribution is 5.84. The van der Waals surface area contributed by atoms with Crippen molar-refractivity contribution in [3.8, 4) is 6.01 Å². The fourth-order valence-electron chi connectivity index (χ4n) is 0.715. The maximum absolute atomic E-state index is 10.9. The molecule has 1 aromatic rings. The molecule has 0 fully saturated rings. The molecular weight excluding hydrogens is 190 g/mol. The number of aromatic amines is 1. The lowest BCUT2D eigenvalue weighted by atomic mass is 10.6. The van der Waals surface area contributed by atoms with E-state index in [1.807, 2.05) is 0 Å². The van der Waals surface area contributed by atoms with Crippen LogP contribution in [-0.2, 0) is 9.47 Å². The van der Waals surface area contributed by atoms with Crippen molar-refractivity contribution in [2.24, 2.45) is 0 Å². The highest BCUT2D eigenvalue weighted by Gasteiger charge is 2.11. The molecule has 1 rings (SSSR count). The third-order valence-electron chi connectivity index (χ3n) is 1.36. The number of carbonyl (C=O) groups is 1. The number of methoxy groups -OCH3 is 2. The van der Waals surface area contributed by atoms with Crippen LogP contribution in [0.5, 0.6) is 6.01 Å². The molecule has 7 nitrogen and oxygen atoms in total. The lowest BCUT2D eigenvalue weighted by Gasteiger charge is -1.98. The lowest BCUT2D eigenvalue weighted by molar-refractivity contribution is 0.0586. The van der Waals surface area contributed by atoms with Crippen LogP contribution in [0.2, 0.25) is 0 Å². The first-order valence-corrected chi connectivity index (χ1v) is 3.90. The van der Waals surface area contributed by atoms with E-state index in [2.05, 4.69) is 19.9 Å². The van der Waals surface area contributed by atoms with Crippen LogP contribution in [0, 0.1) is 0 Å². The summed E-state index contributed by atoms with van der Waals surface area (Å²) in [5.41, 5.74) is 0. The fraction of sp³-hybridized carbons (Fsp3) is 0.571. The van der Waals surface area contributed by atoms with Crippen molar-refractivity contribution in [1.29, 1.82) is 0 Å². The summed E-state index contributed by atoms with van der Waals surface area (Å²) in [5, 5.41) is 6.02. The molecule has 0 saturated heterocycles. The van der Waals surface area contributed by atoms with E-state index in [-0.39, 0.29) is 11.8 Å². The summed E-state index contributed by atoms with van der Waals surface area (Å²) >= 11 is 0. The van der Waals surface area contributed by atoms with Crippen LogP contribution in [0.15, 0.2) is 0 Å². The number of carbonyl (C=O) groups excluding carboxylic acids is 1. The number of hydrogen-bond donors (Lipinski definition) is 1. The number of nitrogens with zero attached hydrogens (tertiary/aromatic N) is 2. The van der Waals surface area contributed by atoms with E-state index in [9.17, 15) is 4.79 Å². The van der Waals surface area contributed by atoms with Crippen molar-refractivity contribution >= 4 is 5.97 Å². The first kappa shape index (κ1) is 10.5. The molecule has 0 radical (unpaired) electrons. The van der Waals surface area contributed by atoms with Crippen molar-refractivity contribution in [2.45, 2.75) is 0 Å². The van der Waals surface area contributed by atoms with Gasteiger partial charge in [-0.05, 0) is 0 Å². The largest absolute Gasteiger partial charge is 0.463 e. The fourth-order valence-corrected chi connectivity index (χ4v) is 0.715. The topological polar surface area (TPSA) is 86.3 Å². The third kappa shape index (κ3) is 2.70. The Morgan fingerprint density at radius 3 is 2.86 bits per heavy atom. The van der Waals surface area contributed by atoms with Crippen LogP contribution in [0.25, 0.3) is 0 Å². The van der Waals surface area contributed by atoms with Gasteiger partial charge in [-0.2, -0.15) is 4.98 Å². The van der Waals surface area contributed by atoms with E-state index >= 15 is 0 Å². The molecular formula is C7H11N3O4. The summed E-state index contributed by atoms with van der Waals surface area (Å²) in [6, 6.07) is 0.0995. The minimum Gasteiger partial charge on any atom is -0.463 e. The standard InChI is InChI=1S/C7H11N3O4/c1-12-3-4-14-7-8-5(9-10-7)6(11)13-2/h3-4H2,1-2H3,(H,8,9,10). The van der Waals surface area contributed by atoms with Crippen molar-refractivity contribution in [3.63, 3.8) is 0 Å². The van der Waals surface area contributed by atoms with Gasteiger partial charge in [0.05, 0.1) is 13.7 Å². The van der Waals surface area contributed by atoms with E-state index in [0.29, 0.717) is 13.2 Å². The van der Waals surface area contributed by atoms with Gasteiger partial charge in [-0.15, -0.1) is 5.10 Å². The number of nitrogens with one attached hydrogen (secondary N) is 1. The normalized spacial score (nSPS) is 9.86. The monoisotopic (exact) mass is 201 g/mol. The molecule has 0 aliphatic heterocycles. The number of hydrogen-bond acceptors (Lipinski definition) is 6. The number of H-pyrrole nitrogens is 1. The van der Waals surface area contributed by atoms with Crippen LogP contribution >= 0.6 is 0 Å². The highest BCUT2D eigenvalue weighted by atomic mass is 16.5. The van der Waals surface area contributed by atoms with Gasteiger partial charge in [0.25, 0.3) is 0 Å². The lowest BCUT2D eigenvalue weighted by Crippen LogP contribution is -2.06. The van der Waals surface area contributed by atoms with Crippen molar-refractivity contribution in [2.75, 3.05) is 27.4 Å². The van der Waals surface area contributed by atoms with E-state index in [1.54, 1.807) is 7.11 Å². The van der Waals surface area contributed by atoms with Gasteiger partial charge in [-0.25, -0.2) is 4.79 Å². The van der Waals surface area contributed by atoms with E-state index in [4.69, 9.17) is 9.47 Å². The minimum absolute atomic E-state index is 0.0138. The number of rotatable bonds is 5. The first-order chi connectivity index (χ1) is 6.77. The van der Waals surface area contributed by atoms with Crippen LogP contribution in [0.3, 0.4) is 0 Å². The maximum Gasteiger partial charge on any atom is 0.375 e. The van der Waals surface area contributed by atoms with Crippen molar-refractivity contribution in [1.82, 2.24) is 15.2 Å². The molecule has 0 bridgehead atoms. The van der Waals surface area contributed by atoms with Gasteiger partial charge in [-0.3, -0.25) is 5.10 Å². The molecule has 0 saturated carbocycles. The molecule has 7 heteroatoms. The first-order valence-electron chi connectivity index (χ1n) is 3.90. The van der Waals surface area contributed by atoms with Gasteiger partial charge < -0.3 is 14.2 Å². The van der Waals surface area contributed by atoms with Crippen LogP contribution in [0.1, 0.15) is 10.6 Å². The van der Waals surface area contributed by atoms with E-state index in [1.165, 1.54) is 7.11 Å². The summed E-state index contributed by atoms with van der Waals surface area (Å²) in [5.74, 6) is -0.570. The molecule has 0 unspecified atom stereocenters. The Morgan fingerprint density at radius 1 is 1.43 bits per heavy atom. The average molecular weight is 201 g/mol. The number of aromatic nitrogens is 3. The molecule has 0 aromatic carbocycles. The van der Waals surface area contributed by atoms with Gasteiger partial charge in [0.1, 0.15) is 6.61 Å². The Morgan fingerprint density at radius 2 is 2.21 bits per heavy atom. The molecule has 1 aromatic heterocycles. The summed E-state index contributed by atoms with van der Waals surface area (Å²) < 4.78 is 14.2. The Hall–Kier alpha value is -1.63. The maximum atomic E-state index is 10.9. The summed E-state index contributed by atoms with van der Waals surface area (Å²) in [7, 11) is 2.82. The number of ether oxygens (including phenoxy) is 3. The Bertz CT molecular complexity index is 299. The highest BCUT2D eigenvalue weighted by Crippen LogP contribution is 2.01. The smallest absolute Gasteiger partial charge is 0.375 e. The van der Waals surface area contributed by atoms with Gasteiger partial charge >= 0.3 is 12.0 Å². The molecule has 0 aliphatic rings.